The molecule has 0 radical (unpaired) electrons. The number of rotatable bonds is 4. The topological polar surface area (TPSA) is 38.3 Å². The largest absolute Gasteiger partial charge is 0.465 e. The molecule has 1 aromatic rings. The number of hydrogen-bond donors (Lipinski definition) is 1. The van der Waals surface area contributed by atoms with Gasteiger partial charge in [-0.1, -0.05) is 23.7 Å². The van der Waals surface area contributed by atoms with Crippen LogP contribution in [0, 0.1) is 0 Å². The summed E-state index contributed by atoms with van der Waals surface area (Å²) in [5.41, 5.74) is 0.716. The van der Waals surface area contributed by atoms with Gasteiger partial charge in [-0.2, -0.15) is 0 Å². The Morgan fingerprint density at radius 3 is 2.53 bits per heavy atom. The average Bonchev–Trinajstić information content (AvgIpc) is 2.22. The summed E-state index contributed by atoms with van der Waals surface area (Å²) >= 11 is 11.2. The predicted molar refractivity (Wildman–Crippen MR) is 59.8 cm³/mol. The van der Waals surface area contributed by atoms with Crippen LogP contribution in [0.15, 0.2) is 24.3 Å². The van der Waals surface area contributed by atoms with Gasteiger partial charge in [0.05, 0.1) is 6.61 Å². The van der Waals surface area contributed by atoms with Crippen molar-refractivity contribution in [2.24, 2.45) is 0 Å². The molecule has 1 atom stereocenters. The first-order valence-electron chi connectivity index (χ1n) is 4.47. The Bertz CT molecular complexity index is 327. The third-order valence-electron chi connectivity index (χ3n) is 1.83. The lowest BCUT2D eigenvalue weighted by atomic mass is 10.1. The van der Waals surface area contributed by atoms with Crippen molar-refractivity contribution in [2.45, 2.75) is 13.0 Å². The third-order valence-corrected chi connectivity index (χ3v) is 2.30. The molecule has 5 heteroatoms. The van der Waals surface area contributed by atoms with Crippen LogP contribution in [-0.4, -0.2) is 12.6 Å². The summed E-state index contributed by atoms with van der Waals surface area (Å²) in [6, 6.07) is 6.16. The highest BCUT2D eigenvalue weighted by molar-refractivity contribution is 6.30. The van der Waals surface area contributed by atoms with E-state index in [1.165, 1.54) is 0 Å². The Labute approximate surface area is 98.4 Å². The minimum atomic E-state index is -0.663. The zero-order valence-electron chi connectivity index (χ0n) is 8.17. The molecule has 0 amide bonds. The molecule has 0 aliphatic heterocycles. The summed E-state index contributed by atoms with van der Waals surface area (Å²) in [7, 11) is 0. The van der Waals surface area contributed by atoms with E-state index in [0.29, 0.717) is 17.2 Å². The van der Waals surface area contributed by atoms with Crippen LogP contribution in [0.5, 0.6) is 0 Å². The third kappa shape index (κ3) is 3.38. The number of carbonyl (C=O) groups is 1. The van der Waals surface area contributed by atoms with Gasteiger partial charge in [-0.15, -0.1) is 0 Å². The average molecular weight is 248 g/mol. The number of halogens is 2. The zero-order valence-corrected chi connectivity index (χ0v) is 9.68. The number of ether oxygens (including phenoxy) is 1. The van der Waals surface area contributed by atoms with E-state index in [0.717, 1.165) is 0 Å². The Hall–Kier alpha value is -0.770. The predicted octanol–water partition coefficient (Wildman–Crippen LogP) is 2.69. The van der Waals surface area contributed by atoms with E-state index in [1.54, 1.807) is 31.2 Å². The van der Waals surface area contributed by atoms with Crippen molar-refractivity contribution >= 4 is 29.3 Å². The van der Waals surface area contributed by atoms with Crippen molar-refractivity contribution in [3.8, 4) is 0 Å². The minimum absolute atomic E-state index is 0.321. The summed E-state index contributed by atoms with van der Waals surface area (Å²) in [6.07, 6.45) is 0. The van der Waals surface area contributed by atoms with Crippen molar-refractivity contribution in [2.75, 3.05) is 6.61 Å². The van der Waals surface area contributed by atoms with Gasteiger partial charge in [0.1, 0.15) is 6.04 Å². The second-order valence-corrected chi connectivity index (χ2v) is 3.50. The first kappa shape index (κ1) is 12.3. The van der Waals surface area contributed by atoms with Gasteiger partial charge in [0.25, 0.3) is 0 Å². The number of carbonyl (C=O) groups excluding carboxylic acids is 1. The monoisotopic (exact) mass is 247 g/mol. The van der Waals surface area contributed by atoms with E-state index in [2.05, 4.69) is 4.84 Å². The first-order chi connectivity index (χ1) is 7.19. The van der Waals surface area contributed by atoms with Crippen LogP contribution < -0.4 is 4.84 Å². The molecule has 0 aliphatic rings. The number of nitrogens with one attached hydrogen (secondary N) is 1. The van der Waals surface area contributed by atoms with Crippen LogP contribution in [-0.2, 0) is 9.53 Å². The van der Waals surface area contributed by atoms with Crippen molar-refractivity contribution in [1.82, 2.24) is 4.84 Å². The molecule has 82 valence electrons. The van der Waals surface area contributed by atoms with Crippen LogP contribution in [0.3, 0.4) is 0 Å². The van der Waals surface area contributed by atoms with E-state index in [1.807, 2.05) is 0 Å². The maximum absolute atomic E-state index is 11.5. The number of benzene rings is 1. The Morgan fingerprint density at radius 2 is 2.07 bits per heavy atom. The molecule has 0 heterocycles. The Kier molecular flexibility index (Phi) is 4.88. The molecule has 0 bridgehead atoms. The quantitative estimate of drug-likeness (QED) is 0.657. The van der Waals surface area contributed by atoms with Crippen LogP contribution in [0.2, 0.25) is 5.02 Å². The molecule has 15 heavy (non-hydrogen) atoms. The van der Waals surface area contributed by atoms with Crippen molar-refractivity contribution < 1.29 is 9.53 Å². The van der Waals surface area contributed by atoms with Crippen LogP contribution >= 0.6 is 23.4 Å². The van der Waals surface area contributed by atoms with Gasteiger partial charge < -0.3 is 4.74 Å². The Morgan fingerprint density at radius 1 is 1.47 bits per heavy atom. The molecule has 1 aromatic carbocycles. The summed E-state index contributed by atoms with van der Waals surface area (Å²) in [5, 5.41) is 0.607. The van der Waals surface area contributed by atoms with Gasteiger partial charge in [0.15, 0.2) is 0 Å². The van der Waals surface area contributed by atoms with Crippen LogP contribution in [0.25, 0.3) is 0 Å². The summed E-state index contributed by atoms with van der Waals surface area (Å²) in [4.78, 5) is 13.8. The molecular weight excluding hydrogens is 237 g/mol. The van der Waals surface area contributed by atoms with Crippen LogP contribution in [0.1, 0.15) is 18.5 Å². The van der Waals surface area contributed by atoms with E-state index in [4.69, 9.17) is 28.1 Å². The summed E-state index contributed by atoms with van der Waals surface area (Å²) in [5.74, 6) is -0.408. The van der Waals surface area contributed by atoms with Gasteiger partial charge in [0, 0.05) is 5.02 Å². The van der Waals surface area contributed by atoms with Gasteiger partial charge >= 0.3 is 5.97 Å². The SMILES string of the molecule is CCOC(=O)C(NCl)c1ccc(Cl)cc1. The Balaban J connectivity index is 2.82. The van der Waals surface area contributed by atoms with E-state index in [9.17, 15) is 4.79 Å². The molecule has 0 spiro atoms. The minimum Gasteiger partial charge on any atom is -0.465 e. The van der Waals surface area contributed by atoms with Crippen molar-refractivity contribution in [3.63, 3.8) is 0 Å². The molecule has 1 N–H and O–H groups in total. The lowest BCUT2D eigenvalue weighted by Gasteiger charge is -2.13. The standard InChI is InChI=1S/C10H11Cl2NO2/c1-2-15-10(14)9(13-12)7-3-5-8(11)6-4-7/h3-6,9,13H,2H2,1H3. The second kappa shape index (κ2) is 5.95. The van der Waals surface area contributed by atoms with E-state index >= 15 is 0 Å². The molecule has 0 aromatic heterocycles. The molecule has 0 aliphatic carbocycles. The molecule has 0 fully saturated rings. The summed E-state index contributed by atoms with van der Waals surface area (Å²) < 4.78 is 4.86. The first-order valence-corrected chi connectivity index (χ1v) is 5.23. The normalized spacial score (nSPS) is 12.2. The molecule has 0 saturated heterocycles. The maximum atomic E-state index is 11.5. The second-order valence-electron chi connectivity index (χ2n) is 2.85. The highest BCUT2D eigenvalue weighted by Gasteiger charge is 2.20. The molecule has 1 unspecified atom stereocenters. The highest BCUT2D eigenvalue weighted by Crippen LogP contribution is 2.18. The van der Waals surface area contributed by atoms with Gasteiger partial charge in [0.2, 0.25) is 0 Å². The van der Waals surface area contributed by atoms with Gasteiger partial charge in [-0.05, 0) is 36.4 Å². The van der Waals surface area contributed by atoms with E-state index in [-0.39, 0.29) is 0 Å². The highest BCUT2D eigenvalue weighted by atomic mass is 35.5. The van der Waals surface area contributed by atoms with Gasteiger partial charge in [-0.25, -0.2) is 9.63 Å². The molecule has 1 rings (SSSR count). The fraction of sp³-hybridized carbons (Fsp3) is 0.300. The lowest BCUT2D eigenvalue weighted by molar-refractivity contribution is -0.145. The number of esters is 1. The maximum Gasteiger partial charge on any atom is 0.328 e. The fourth-order valence-electron chi connectivity index (χ4n) is 1.12. The molecular formula is C10H11Cl2NO2. The zero-order chi connectivity index (χ0) is 11.3. The van der Waals surface area contributed by atoms with Crippen molar-refractivity contribution in [1.29, 1.82) is 0 Å². The molecule has 0 saturated carbocycles. The summed E-state index contributed by atoms with van der Waals surface area (Å²) in [6.45, 7) is 2.06. The lowest BCUT2D eigenvalue weighted by Crippen LogP contribution is -2.24. The smallest absolute Gasteiger partial charge is 0.328 e. The van der Waals surface area contributed by atoms with Crippen LogP contribution in [0.4, 0.5) is 0 Å². The van der Waals surface area contributed by atoms with Gasteiger partial charge in [-0.3, -0.25) is 0 Å². The molecule has 3 nitrogen and oxygen atoms in total. The number of hydrogen-bond acceptors (Lipinski definition) is 3. The van der Waals surface area contributed by atoms with E-state index < -0.39 is 12.0 Å². The fourth-order valence-corrected chi connectivity index (χ4v) is 1.47. The van der Waals surface area contributed by atoms with Crippen molar-refractivity contribution in [3.05, 3.63) is 34.9 Å².